The van der Waals surface area contributed by atoms with Gasteiger partial charge in [-0.1, -0.05) is 12.1 Å². The van der Waals surface area contributed by atoms with E-state index >= 15 is 0 Å². The number of piperidine rings is 1. The zero-order valence-corrected chi connectivity index (χ0v) is 16.4. The van der Waals surface area contributed by atoms with Crippen LogP contribution in [-0.2, 0) is 14.8 Å². The van der Waals surface area contributed by atoms with Crippen molar-refractivity contribution in [1.82, 2.24) is 14.4 Å². The molecule has 0 N–H and O–H groups in total. The van der Waals surface area contributed by atoms with Crippen LogP contribution in [-0.4, -0.2) is 41.9 Å². The molecule has 2 heterocycles. The van der Waals surface area contributed by atoms with Crippen LogP contribution < -0.4 is 0 Å². The van der Waals surface area contributed by atoms with Gasteiger partial charge in [0.05, 0.1) is 10.5 Å². The van der Waals surface area contributed by atoms with Crippen LogP contribution in [0.3, 0.4) is 0 Å². The van der Waals surface area contributed by atoms with Gasteiger partial charge in [0, 0.05) is 13.1 Å². The highest BCUT2D eigenvalue weighted by atomic mass is 32.2. The number of hydrogen-bond donors (Lipinski definition) is 0. The summed E-state index contributed by atoms with van der Waals surface area (Å²) in [5.41, 5.74) is 0.254. The third-order valence-electron chi connectivity index (χ3n) is 4.65. The summed E-state index contributed by atoms with van der Waals surface area (Å²) in [7, 11) is -3.54. The highest BCUT2D eigenvalue weighted by molar-refractivity contribution is 7.89. The van der Waals surface area contributed by atoms with E-state index in [2.05, 4.69) is 17.1 Å². The van der Waals surface area contributed by atoms with Crippen molar-refractivity contribution in [2.24, 2.45) is 5.92 Å². The molecule has 0 spiro atoms. The molecular formula is C18H23N3O5S. The molecule has 3 rings (SSSR count). The largest absolute Gasteiger partial charge is 0.449 e. The van der Waals surface area contributed by atoms with Gasteiger partial charge in [-0.15, -0.1) is 0 Å². The number of carbonyl (C=O) groups is 1. The minimum Gasteiger partial charge on any atom is -0.449 e. The lowest BCUT2D eigenvalue weighted by atomic mass is 10.0. The van der Waals surface area contributed by atoms with Gasteiger partial charge in [-0.2, -0.15) is 9.29 Å². The number of aromatic nitrogens is 2. The van der Waals surface area contributed by atoms with Gasteiger partial charge in [0.2, 0.25) is 10.0 Å². The summed E-state index contributed by atoms with van der Waals surface area (Å²) < 4.78 is 37.2. The van der Waals surface area contributed by atoms with Crippen molar-refractivity contribution in [2.75, 3.05) is 13.1 Å². The second-order valence-corrected chi connectivity index (χ2v) is 8.78. The maximum absolute atomic E-state index is 12.7. The van der Waals surface area contributed by atoms with Crippen molar-refractivity contribution in [3.8, 4) is 0 Å². The number of benzene rings is 1. The van der Waals surface area contributed by atoms with Crippen molar-refractivity contribution in [3.05, 3.63) is 41.5 Å². The molecule has 0 aliphatic carbocycles. The van der Waals surface area contributed by atoms with Crippen molar-refractivity contribution in [1.29, 1.82) is 0 Å². The van der Waals surface area contributed by atoms with Gasteiger partial charge < -0.3 is 9.26 Å². The molecule has 0 bridgehead atoms. The summed E-state index contributed by atoms with van der Waals surface area (Å²) in [4.78, 5) is 16.5. The summed E-state index contributed by atoms with van der Waals surface area (Å²) in [6.07, 6.45) is 1.02. The van der Waals surface area contributed by atoms with Crippen molar-refractivity contribution in [2.45, 2.75) is 44.6 Å². The highest BCUT2D eigenvalue weighted by Crippen LogP contribution is 2.24. The van der Waals surface area contributed by atoms with E-state index in [1.165, 1.54) is 28.6 Å². The van der Waals surface area contributed by atoms with Crippen LogP contribution in [0.1, 0.15) is 54.9 Å². The summed E-state index contributed by atoms with van der Waals surface area (Å²) in [6, 6.07) is 5.78. The van der Waals surface area contributed by atoms with E-state index in [1.54, 1.807) is 13.8 Å². The minimum atomic E-state index is -3.54. The van der Waals surface area contributed by atoms with Gasteiger partial charge in [-0.25, -0.2) is 13.2 Å². The number of ether oxygens (including phenoxy) is 1. The summed E-state index contributed by atoms with van der Waals surface area (Å²) >= 11 is 0. The lowest BCUT2D eigenvalue weighted by Gasteiger charge is -2.29. The van der Waals surface area contributed by atoms with Crippen LogP contribution in [0.15, 0.2) is 33.7 Å². The molecule has 0 radical (unpaired) electrons. The lowest BCUT2D eigenvalue weighted by Crippen LogP contribution is -2.37. The number of aryl methyl sites for hydroxylation is 1. The monoisotopic (exact) mass is 393 g/mol. The highest BCUT2D eigenvalue weighted by Gasteiger charge is 2.28. The molecule has 1 unspecified atom stereocenters. The molecule has 1 aliphatic rings. The summed E-state index contributed by atoms with van der Waals surface area (Å²) in [6.45, 7) is 6.47. The van der Waals surface area contributed by atoms with Crippen LogP contribution >= 0.6 is 0 Å². The van der Waals surface area contributed by atoms with Crippen LogP contribution in [0.5, 0.6) is 0 Å². The van der Waals surface area contributed by atoms with Crippen LogP contribution in [0.4, 0.5) is 0 Å². The number of carbonyl (C=O) groups excluding carboxylic acids is 1. The average molecular weight is 393 g/mol. The summed E-state index contributed by atoms with van der Waals surface area (Å²) in [5, 5.41) is 3.66. The SMILES string of the molecule is Cc1noc(C(C)OC(=O)c2ccc(S(=O)(=O)N3CCC(C)CC3)cc2)n1. The fourth-order valence-electron chi connectivity index (χ4n) is 2.89. The smallest absolute Gasteiger partial charge is 0.338 e. The molecule has 1 saturated heterocycles. The Morgan fingerprint density at radius 1 is 1.26 bits per heavy atom. The Labute approximate surface area is 158 Å². The second kappa shape index (κ2) is 7.77. The number of rotatable bonds is 5. The van der Waals surface area contributed by atoms with Crippen molar-refractivity contribution in [3.63, 3.8) is 0 Å². The van der Waals surface area contributed by atoms with E-state index < -0.39 is 22.1 Å². The van der Waals surface area contributed by atoms with Gasteiger partial charge in [0.25, 0.3) is 5.89 Å². The van der Waals surface area contributed by atoms with Crippen molar-refractivity contribution >= 4 is 16.0 Å². The first-order valence-electron chi connectivity index (χ1n) is 8.89. The van der Waals surface area contributed by atoms with E-state index in [1.807, 2.05) is 0 Å². The van der Waals surface area contributed by atoms with Gasteiger partial charge in [0.1, 0.15) is 0 Å². The van der Waals surface area contributed by atoms with Crippen LogP contribution in [0.25, 0.3) is 0 Å². The Bertz CT molecular complexity index is 899. The van der Waals surface area contributed by atoms with E-state index in [4.69, 9.17) is 9.26 Å². The molecule has 1 aromatic heterocycles. The molecule has 1 aromatic carbocycles. The Morgan fingerprint density at radius 3 is 2.44 bits per heavy atom. The third kappa shape index (κ3) is 4.36. The zero-order chi connectivity index (χ0) is 19.6. The number of esters is 1. The normalized spacial score (nSPS) is 17.6. The van der Waals surface area contributed by atoms with E-state index in [0.717, 1.165) is 12.8 Å². The molecule has 9 heteroatoms. The van der Waals surface area contributed by atoms with Crippen molar-refractivity contribution < 1.29 is 22.5 Å². The number of hydrogen-bond acceptors (Lipinski definition) is 7. The topological polar surface area (TPSA) is 103 Å². The molecular weight excluding hydrogens is 370 g/mol. The number of sulfonamides is 1. The summed E-state index contributed by atoms with van der Waals surface area (Å²) in [5.74, 6) is 0.612. The van der Waals surface area contributed by atoms with Gasteiger partial charge in [0.15, 0.2) is 11.9 Å². The first-order valence-corrected chi connectivity index (χ1v) is 10.3. The van der Waals surface area contributed by atoms with Crippen LogP contribution in [0.2, 0.25) is 0 Å². The molecule has 1 aliphatic heterocycles. The maximum atomic E-state index is 12.7. The molecule has 0 saturated carbocycles. The average Bonchev–Trinajstić information content (AvgIpc) is 3.09. The second-order valence-electron chi connectivity index (χ2n) is 6.84. The predicted molar refractivity (Wildman–Crippen MR) is 96.5 cm³/mol. The van der Waals surface area contributed by atoms with E-state index in [0.29, 0.717) is 24.8 Å². The van der Waals surface area contributed by atoms with E-state index in [9.17, 15) is 13.2 Å². The Hall–Kier alpha value is -2.26. The fourth-order valence-corrected chi connectivity index (χ4v) is 4.36. The van der Waals surface area contributed by atoms with Gasteiger partial charge in [-0.3, -0.25) is 0 Å². The maximum Gasteiger partial charge on any atom is 0.338 e. The predicted octanol–water partition coefficient (Wildman–Crippen LogP) is 2.72. The zero-order valence-electron chi connectivity index (χ0n) is 15.6. The van der Waals surface area contributed by atoms with E-state index in [-0.39, 0.29) is 16.3 Å². The molecule has 8 nitrogen and oxygen atoms in total. The first kappa shape index (κ1) is 19.5. The molecule has 0 amide bonds. The third-order valence-corrected chi connectivity index (χ3v) is 6.56. The first-order chi connectivity index (χ1) is 12.8. The van der Waals surface area contributed by atoms with Gasteiger partial charge in [-0.05, 0) is 56.9 Å². The quantitative estimate of drug-likeness (QED) is 0.720. The molecule has 146 valence electrons. The Morgan fingerprint density at radius 2 is 1.89 bits per heavy atom. The molecule has 27 heavy (non-hydrogen) atoms. The minimum absolute atomic E-state index is 0.175. The Kier molecular flexibility index (Phi) is 5.61. The number of nitrogens with zero attached hydrogens (tertiary/aromatic N) is 3. The lowest BCUT2D eigenvalue weighted by molar-refractivity contribution is 0.0265. The molecule has 1 atom stereocenters. The molecule has 1 fully saturated rings. The Balaban J connectivity index is 1.68. The molecule has 2 aromatic rings. The fraction of sp³-hybridized carbons (Fsp3) is 0.500. The van der Waals surface area contributed by atoms with Gasteiger partial charge >= 0.3 is 5.97 Å². The standard InChI is InChI=1S/C18H23N3O5S/c1-12-8-10-21(11-9-12)27(23,24)16-6-4-15(5-7-16)18(22)25-13(2)17-19-14(3)20-26-17/h4-7,12-13H,8-11H2,1-3H3. The van der Waals surface area contributed by atoms with Crippen LogP contribution in [0, 0.1) is 12.8 Å².